The first kappa shape index (κ1) is 11.4. The third kappa shape index (κ3) is 1.95. The largest absolute Gasteiger partial charge is 0.270 e. The number of hydrogen-bond acceptors (Lipinski definition) is 3. The van der Waals surface area contributed by atoms with Crippen molar-refractivity contribution >= 4 is 16.6 Å². The molecule has 0 N–H and O–H groups in total. The van der Waals surface area contributed by atoms with Crippen molar-refractivity contribution in [2.75, 3.05) is 0 Å². The van der Waals surface area contributed by atoms with Crippen molar-refractivity contribution in [3.8, 4) is 5.69 Å². The normalized spacial score (nSPS) is 10.8. The quantitative estimate of drug-likeness (QED) is 0.520. The molecule has 94 valence electrons. The Bertz CT molecular complexity index is 760. The molecule has 2 aromatic carbocycles. The van der Waals surface area contributed by atoms with Crippen LogP contribution in [0.4, 0.5) is 5.69 Å². The van der Waals surface area contributed by atoms with E-state index in [2.05, 4.69) is 5.10 Å². The average Bonchev–Trinajstić information content (AvgIpc) is 2.82. The topological polar surface area (TPSA) is 61.0 Å². The second-order valence-corrected chi connectivity index (χ2v) is 4.39. The van der Waals surface area contributed by atoms with Gasteiger partial charge in [-0.25, -0.2) is 4.68 Å². The number of nitro benzene ring substituents is 1. The predicted molar refractivity (Wildman–Crippen MR) is 72.5 cm³/mol. The maximum atomic E-state index is 10.7. The molecule has 0 fully saturated rings. The van der Waals surface area contributed by atoms with Gasteiger partial charge in [0.2, 0.25) is 0 Å². The Morgan fingerprint density at radius 3 is 2.58 bits per heavy atom. The third-order valence-electron chi connectivity index (χ3n) is 3.04. The highest BCUT2D eigenvalue weighted by Crippen LogP contribution is 2.23. The number of non-ortho nitro benzene ring substituents is 1. The highest BCUT2D eigenvalue weighted by Gasteiger charge is 2.10. The van der Waals surface area contributed by atoms with Gasteiger partial charge in [-0.1, -0.05) is 17.7 Å². The molecule has 0 bridgehead atoms. The Kier molecular flexibility index (Phi) is 2.52. The van der Waals surface area contributed by atoms with E-state index >= 15 is 0 Å². The van der Waals surface area contributed by atoms with E-state index in [0.29, 0.717) is 0 Å². The van der Waals surface area contributed by atoms with E-state index in [1.165, 1.54) is 17.7 Å². The van der Waals surface area contributed by atoms with Crippen molar-refractivity contribution in [3.05, 3.63) is 64.3 Å². The average molecular weight is 253 g/mol. The van der Waals surface area contributed by atoms with Crippen molar-refractivity contribution in [1.82, 2.24) is 9.78 Å². The molecule has 0 aliphatic heterocycles. The lowest BCUT2D eigenvalue weighted by atomic mass is 10.2. The van der Waals surface area contributed by atoms with Gasteiger partial charge >= 0.3 is 0 Å². The molecule has 1 aromatic heterocycles. The summed E-state index contributed by atoms with van der Waals surface area (Å²) in [5.74, 6) is 0. The number of rotatable bonds is 2. The molecule has 0 radical (unpaired) electrons. The summed E-state index contributed by atoms with van der Waals surface area (Å²) in [6.45, 7) is 2.02. The maximum Gasteiger partial charge on any atom is 0.270 e. The lowest BCUT2D eigenvalue weighted by molar-refractivity contribution is -0.384. The van der Waals surface area contributed by atoms with E-state index in [1.54, 1.807) is 16.9 Å². The second-order valence-electron chi connectivity index (χ2n) is 4.39. The molecule has 5 nitrogen and oxygen atoms in total. The summed E-state index contributed by atoms with van der Waals surface area (Å²) in [6, 6.07) is 12.7. The van der Waals surface area contributed by atoms with Crippen molar-refractivity contribution in [1.29, 1.82) is 0 Å². The van der Waals surface area contributed by atoms with Crippen LogP contribution >= 0.6 is 0 Å². The molecule has 0 aliphatic rings. The summed E-state index contributed by atoms with van der Waals surface area (Å²) in [5, 5.41) is 15.8. The zero-order chi connectivity index (χ0) is 13.4. The Hall–Kier alpha value is -2.69. The van der Waals surface area contributed by atoms with Gasteiger partial charge in [0.1, 0.15) is 0 Å². The monoisotopic (exact) mass is 253 g/mol. The number of aromatic nitrogens is 2. The standard InChI is InChI=1S/C14H11N3O2/c1-10-2-4-12(5-3-10)16-14-7-6-13(17(18)19)8-11(14)9-15-16/h2-9H,1H3. The highest BCUT2D eigenvalue weighted by atomic mass is 16.6. The number of fused-ring (bicyclic) bond motifs is 1. The van der Waals surface area contributed by atoms with Gasteiger partial charge in [-0.05, 0) is 25.1 Å². The van der Waals surface area contributed by atoms with Crippen LogP contribution in [0.15, 0.2) is 48.7 Å². The third-order valence-corrected chi connectivity index (χ3v) is 3.04. The van der Waals surface area contributed by atoms with E-state index in [9.17, 15) is 10.1 Å². The van der Waals surface area contributed by atoms with Gasteiger partial charge in [0, 0.05) is 17.5 Å². The van der Waals surface area contributed by atoms with E-state index in [1.807, 2.05) is 31.2 Å². The molecular weight excluding hydrogens is 242 g/mol. The Morgan fingerprint density at radius 2 is 1.89 bits per heavy atom. The molecule has 0 saturated carbocycles. The van der Waals surface area contributed by atoms with Gasteiger partial charge in [0.05, 0.1) is 22.3 Å². The van der Waals surface area contributed by atoms with E-state index < -0.39 is 4.92 Å². The fourth-order valence-electron chi connectivity index (χ4n) is 2.03. The smallest absolute Gasteiger partial charge is 0.258 e. The molecule has 0 unspecified atom stereocenters. The van der Waals surface area contributed by atoms with Gasteiger partial charge in [-0.3, -0.25) is 10.1 Å². The SMILES string of the molecule is Cc1ccc(-n2ncc3cc([N+](=O)[O-])ccc32)cc1. The molecule has 1 heterocycles. The molecule has 0 aliphatic carbocycles. The van der Waals surface area contributed by atoms with Crippen LogP contribution < -0.4 is 0 Å². The Labute approximate surface area is 109 Å². The van der Waals surface area contributed by atoms with Gasteiger partial charge in [0.25, 0.3) is 5.69 Å². The molecule has 0 amide bonds. The van der Waals surface area contributed by atoms with Gasteiger partial charge in [-0.15, -0.1) is 0 Å². The van der Waals surface area contributed by atoms with Crippen LogP contribution in [-0.2, 0) is 0 Å². The fraction of sp³-hybridized carbons (Fsp3) is 0.0714. The Balaban J connectivity index is 2.15. The summed E-state index contributed by atoms with van der Waals surface area (Å²) in [5.41, 5.74) is 3.05. The van der Waals surface area contributed by atoms with Crippen LogP contribution in [0.5, 0.6) is 0 Å². The number of benzene rings is 2. The highest BCUT2D eigenvalue weighted by molar-refractivity contribution is 5.82. The minimum Gasteiger partial charge on any atom is -0.258 e. The van der Waals surface area contributed by atoms with Crippen molar-refractivity contribution in [2.24, 2.45) is 0 Å². The number of nitrogens with zero attached hydrogens (tertiary/aromatic N) is 3. The van der Waals surface area contributed by atoms with Crippen LogP contribution in [0, 0.1) is 17.0 Å². The summed E-state index contributed by atoms with van der Waals surface area (Å²) < 4.78 is 1.78. The van der Waals surface area contributed by atoms with Gasteiger partial charge in [0.15, 0.2) is 0 Å². The maximum absolute atomic E-state index is 10.7. The summed E-state index contributed by atoms with van der Waals surface area (Å²) in [7, 11) is 0. The van der Waals surface area contributed by atoms with Crippen LogP contribution in [0.25, 0.3) is 16.6 Å². The number of nitro groups is 1. The minimum atomic E-state index is -0.400. The summed E-state index contributed by atoms with van der Waals surface area (Å²) in [6.07, 6.45) is 1.64. The molecule has 5 heteroatoms. The zero-order valence-corrected chi connectivity index (χ0v) is 10.3. The number of aryl methyl sites for hydroxylation is 1. The van der Waals surface area contributed by atoms with E-state index in [4.69, 9.17) is 0 Å². The zero-order valence-electron chi connectivity index (χ0n) is 10.3. The molecule has 0 saturated heterocycles. The van der Waals surface area contributed by atoms with Crippen molar-refractivity contribution in [3.63, 3.8) is 0 Å². The summed E-state index contributed by atoms with van der Waals surface area (Å²) in [4.78, 5) is 10.3. The first-order valence-electron chi connectivity index (χ1n) is 5.84. The first-order chi connectivity index (χ1) is 9.15. The van der Waals surface area contributed by atoms with Crippen LogP contribution in [0.3, 0.4) is 0 Å². The van der Waals surface area contributed by atoms with Crippen molar-refractivity contribution < 1.29 is 4.92 Å². The van der Waals surface area contributed by atoms with Crippen LogP contribution in [-0.4, -0.2) is 14.7 Å². The first-order valence-corrected chi connectivity index (χ1v) is 5.84. The molecule has 0 atom stereocenters. The lowest BCUT2D eigenvalue weighted by Crippen LogP contribution is -1.95. The predicted octanol–water partition coefficient (Wildman–Crippen LogP) is 3.24. The van der Waals surface area contributed by atoms with Gasteiger partial charge < -0.3 is 0 Å². The second kappa shape index (κ2) is 4.20. The van der Waals surface area contributed by atoms with E-state index in [0.717, 1.165) is 16.6 Å². The molecule has 0 spiro atoms. The lowest BCUT2D eigenvalue weighted by Gasteiger charge is -2.03. The minimum absolute atomic E-state index is 0.0796. The fourth-order valence-corrected chi connectivity index (χ4v) is 2.03. The molecule has 3 rings (SSSR count). The van der Waals surface area contributed by atoms with E-state index in [-0.39, 0.29) is 5.69 Å². The Morgan fingerprint density at radius 1 is 1.16 bits per heavy atom. The van der Waals surface area contributed by atoms with Crippen molar-refractivity contribution in [2.45, 2.75) is 6.92 Å². The van der Waals surface area contributed by atoms with Gasteiger partial charge in [-0.2, -0.15) is 5.10 Å². The van der Waals surface area contributed by atoms with Crippen LogP contribution in [0.2, 0.25) is 0 Å². The molecular formula is C14H11N3O2. The number of hydrogen-bond donors (Lipinski definition) is 0. The molecule has 3 aromatic rings. The van der Waals surface area contributed by atoms with Crippen LogP contribution in [0.1, 0.15) is 5.56 Å². The molecule has 19 heavy (non-hydrogen) atoms. The summed E-state index contributed by atoms with van der Waals surface area (Å²) >= 11 is 0.